The van der Waals surface area contributed by atoms with Gasteiger partial charge in [-0.2, -0.15) is 5.26 Å². The molecule has 0 radical (unpaired) electrons. The normalized spacial score (nSPS) is 9.94. The molecule has 0 saturated heterocycles. The molecule has 2 aromatic rings. The van der Waals surface area contributed by atoms with Crippen molar-refractivity contribution in [2.75, 3.05) is 11.9 Å². The monoisotopic (exact) mass is 227 g/mol. The Kier molecular flexibility index (Phi) is 3.06. The summed E-state index contributed by atoms with van der Waals surface area (Å²) in [5.41, 5.74) is 1.25. The SMILES string of the molecule is CN(Cc1nccn1C)c1cccnc1C#N. The quantitative estimate of drug-likeness (QED) is 0.793. The summed E-state index contributed by atoms with van der Waals surface area (Å²) in [6.07, 6.45) is 5.28. The van der Waals surface area contributed by atoms with Crippen LogP contribution in [0.2, 0.25) is 0 Å². The highest BCUT2D eigenvalue weighted by molar-refractivity contribution is 5.54. The topological polar surface area (TPSA) is 57.7 Å². The van der Waals surface area contributed by atoms with Crippen LogP contribution in [0.15, 0.2) is 30.7 Å². The molecule has 0 bridgehead atoms. The van der Waals surface area contributed by atoms with Gasteiger partial charge in [-0.3, -0.25) is 0 Å². The molecule has 2 aromatic heterocycles. The highest BCUT2D eigenvalue weighted by Gasteiger charge is 2.10. The molecule has 0 fully saturated rings. The fourth-order valence-electron chi connectivity index (χ4n) is 1.64. The molecule has 0 saturated carbocycles. The first-order valence-electron chi connectivity index (χ1n) is 5.25. The first-order chi connectivity index (χ1) is 8.22. The molecule has 0 aliphatic rings. The van der Waals surface area contributed by atoms with Crippen LogP contribution in [0.4, 0.5) is 5.69 Å². The van der Waals surface area contributed by atoms with Crippen molar-refractivity contribution < 1.29 is 0 Å². The van der Waals surface area contributed by atoms with E-state index in [0.29, 0.717) is 12.2 Å². The van der Waals surface area contributed by atoms with E-state index in [1.165, 1.54) is 0 Å². The summed E-state index contributed by atoms with van der Waals surface area (Å²) in [5, 5.41) is 8.99. The number of aryl methyl sites for hydroxylation is 1. The van der Waals surface area contributed by atoms with E-state index < -0.39 is 0 Å². The van der Waals surface area contributed by atoms with Crippen LogP contribution in [0, 0.1) is 11.3 Å². The maximum absolute atomic E-state index is 8.99. The second kappa shape index (κ2) is 4.66. The third-order valence-corrected chi connectivity index (χ3v) is 2.60. The number of hydrogen-bond acceptors (Lipinski definition) is 4. The van der Waals surface area contributed by atoms with Gasteiger partial charge in [0.15, 0.2) is 5.69 Å². The smallest absolute Gasteiger partial charge is 0.163 e. The summed E-state index contributed by atoms with van der Waals surface area (Å²) < 4.78 is 1.96. The zero-order valence-electron chi connectivity index (χ0n) is 9.83. The molecular weight excluding hydrogens is 214 g/mol. The molecule has 17 heavy (non-hydrogen) atoms. The van der Waals surface area contributed by atoms with Gasteiger partial charge >= 0.3 is 0 Å². The van der Waals surface area contributed by atoms with Crippen molar-refractivity contribution in [3.05, 3.63) is 42.2 Å². The maximum Gasteiger partial charge on any atom is 0.163 e. The molecular formula is C12H13N5. The van der Waals surface area contributed by atoms with Gasteiger partial charge in [-0.05, 0) is 12.1 Å². The summed E-state index contributed by atoms with van der Waals surface area (Å²) in [4.78, 5) is 10.3. The lowest BCUT2D eigenvalue weighted by Gasteiger charge is -2.19. The molecule has 0 atom stereocenters. The minimum absolute atomic E-state index is 0.434. The summed E-state index contributed by atoms with van der Waals surface area (Å²) in [5.74, 6) is 0.945. The number of pyridine rings is 1. The highest BCUT2D eigenvalue weighted by atomic mass is 15.2. The second-order valence-corrected chi connectivity index (χ2v) is 3.79. The Bertz CT molecular complexity index is 552. The molecule has 0 spiro atoms. The predicted molar refractivity (Wildman–Crippen MR) is 64.3 cm³/mol. The van der Waals surface area contributed by atoms with Gasteiger partial charge < -0.3 is 9.47 Å². The van der Waals surface area contributed by atoms with Gasteiger partial charge in [0.2, 0.25) is 0 Å². The summed E-state index contributed by atoms with van der Waals surface area (Å²) in [7, 11) is 3.87. The van der Waals surface area contributed by atoms with Crippen LogP contribution < -0.4 is 4.90 Å². The van der Waals surface area contributed by atoms with E-state index in [1.54, 1.807) is 12.4 Å². The molecule has 0 aromatic carbocycles. The number of aromatic nitrogens is 3. The molecule has 0 unspecified atom stereocenters. The van der Waals surface area contributed by atoms with E-state index in [2.05, 4.69) is 16.0 Å². The Morgan fingerprint density at radius 2 is 2.24 bits per heavy atom. The van der Waals surface area contributed by atoms with Crippen LogP contribution in [-0.4, -0.2) is 21.6 Å². The Morgan fingerprint density at radius 3 is 2.88 bits per heavy atom. The first-order valence-corrected chi connectivity index (χ1v) is 5.25. The van der Waals surface area contributed by atoms with Gasteiger partial charge in [0, 0.05) is 32.7 Å². The van der Waals surface area contributed by atoms with Gasteiger partial charge in [-0.15, -0.1) is 0 Å². The molecule has 0 aliphatic heterocycles. The van der Waals surface area contributed by atoms with Crippen LogP contribution in [0.25, 0.3) is 0 Å². The average molecular weight is 227 g/mol. The van der Waals surface area contributed by atoms with Crippen molar-refractivity contribution in [2.45, 2.75) is 6.54 Å². The number of rotatable bonds is 3. The van der Waals surface area contributed by atoms with E-state index in [4.69, 9.17) is 5.26 Å². The van der Waals surface area contributed by atoms with Crippen molar-refractivity contribution >= 4 is 5.69 Å². The fourth-order valence-corrected chi connectivity index (χ4v) is 1.64. The van der Waals surface area contributed by atoms with Crippen molar-refractivity contribution in [1.82, 2.24) is 14.5 Å². The van der Waals surface area contributed by atoms with Crippen molar-refractivity contribution in [2.24, 2.45) is 7.05 Å². The van der Waals surface area contributed by atoms with E-state index in [9.17, 15) is 0 Å². The van der Waals surface area contributed by atoms with Crippen molar-refractivity contribution in [3.8, 4) is 6.07 Å². The minimum atomic E-state index is 0.434. The third-order valence-electron chi connectivity index (χ3n) is 2.60. The maximum atomic E-state index is 8.99. The van der Waals surface area contributed by atoms with Crippen molar-refractivity contribution in [1.29, 1.82) is 5.26 Å². The first kappa shape index (κ1) is 11.1. The lowest BCUT2D eigenvalue weighted by atomic mass is 10.3. The molecule has 0 N–H and O–H groups in total. The van der Waals surface area contributed by atoms with E-state index >= 15 is 0 Å². The van der Waals surface area contributed by atoms with Crippen LogP contribution in [0.1, 0.15) is 11.5 Å². The Morgan fingerprint density at radius 1 is 1.41 bits per heavy atom. The van der Waals surface area contributed by atoms with E-state index in [0.717, 1.165) is 11.5 Å². The Hall–Kier alpha value is -2.35. The van der Waals surface area contributed by atoms with Gasteiger partial charge in [-0.1, -0.05) is 0 Å². The highest BCUT2D eigenvalue weighted by Crippen LogP contribution is 2.17. The Labute approximate surface area is 100.0 Å². The molecule has 0 amide bonds. The molecule has 86 valence electrons. The largest absolute Gasteiger partial charge is 0.365 e. The second-order valence-electron chi connectivity index (χ2n) is 3.79. The number of anilines is 1. The fraction of sp³-hybridized carbons (Fsp3) is 0.250. The number of imidazole rings is 1. The number of hydrogen-bond donors (Lipinski definition) is 0. The predicted octanol–water partition coefficient (Wildman–Crippen LogP) is 1.32. The molecule has 2 heterocycles. The average Bonchev–Trinajstić information content (AvgIpc) is 2.75. The van der Waals surface area contributed by atoms with Crippen LogP contribution in [0.3, 0.4) is 0 Å². The number of nitrogens with zero attached hydrogens (tertiary/aromatic N) is 5. The van der Waals surface area contributed by atoms with E-state index in [-0.39, 0.29) is 0 Å². The summed E-state index contributed by atoms with van der Waals surface area (Å²) in [6, 6.07) is 5.80. The molecule has 5 nitrogen and oxygen atoms in total. The molecule has 5 heteroatoms. The van der Waals surface area contributed by atoms with E-state index in [1.807, 2.05) is 41.9 Å². The van der Waals surface area contributed by atoms with Crippen LogP contribution in [0.5, 0.6) is 0 Å². The minimum Gasteiger partial charge on any atom is -0.365 e. The standard InChI is InChI=1S/C12H13N5/c1-16-7-6-15-12(16)9-17(2)11-4-3-5-14-10(11)8-13/h3-7H,9H2,1-2H3. The summed E-state index contributed by atoms with van der Waals surface area (Å²) in [6.45, 7) is 0.643. The van der Waals surface area contributed by atoms with Crippen LogP contribution >= 0.6 is 0 Å². The van der Waals surface area contributed by atoms with Gasteiger partial charge in [0.1, 0.15) is 11.9 Å². The Balaban J connectivity index is 2.24. The number of nitriles is 1. The summed E-state index contributed by atoms with van der Waals surface area (Å²) >= 11 is 0. The zero-order valence-corrected chi connectivity index (χ0v) is 9.83. The molecule has 2 rings (SSSR count). The van der Waals surface area contributed by atoms with Gasteiger partial charge in [0.05, 0.1) is 12.2 Å². The van der Waals surface area contributed by atoms with Crippen molar-refractivity contribution in [3.63, 3.8) is 0 Å². The van der Waals surface area contributed by atoms with Gasteiger partial charge in [0.25, 0.3) is 0 Å². The third kappa shape index (κ3) is 2.26. The zero-order chi connectivity index (χ0) is 12.3. The lowest BCUT2D eigenvalue weighted by molar-refractivity contribution is 0.760. The molecule has 0 aliphatic carbocycles. The van der Waals surface area contributed by atoms with Gasteiger partial charge in [-0.25, -0.2) is 9.97 Å². The van der Waals surface area contributed by atoms with Crippen LogP contribution in [-0.2, 0) is 13.6 Å². The lowest BCUT2D eigenvalue weighted by Crippen LogP contribution is -2.20.